The van der Waals surface area contributed by atoms with Crippen LogP contribution in [0.4, 0.5) is 11.4 Å². The highest BCUT2D eigenvalue weighted by molar-refractivity contribution is 7.92. The molecule has 0 bridgehead atoms. The highest BCUT2D eigenvalue weighted by Gasteiger charge is 2.29. The Kier molecular flexibility index (Phi) is 10.7. The summed E-state index contributed by atoms with van der Waals surface area (Å²) in [6.45, 7) is 3.44. The van der Waals surface area contributed by atoms with Crippen LogP contribution in [-0.4, -0.2) is 45.7 Å². The number of amides is 1. The smallest absolute Gasteiger partial charge is 0.273 e. The number of nitrogens with one attached hydrogen (secondary N) is 1. The van der Waals surface area contributed by atoms with Crippen LogP contribution < -0.4 is 23.9 Å². The molecule has 0 aliphatic heterocycles. The molecule has 0 aromatic heterocycles. The van der Waals surface area contributed by atoms with Gasteiger partial charge in [-0.05, 0) is 73.5 Å². The number of carbonyl (C=O) groups excluding carboxylic acids is 1. The van der Waals surface area contributed by atoms with Gasteiger partial charge in [-0.3, -0.25) is 19.2 Å². The van der Waals surface area contributed by atoms with Gasteiger partial charge in [0.25, 0.3) is 21.6 Å². The second-order valence-corrected chi connectivity index (χ2v) is 11.5. The molecular weight excluding hydrogens is 600 g/mol. The van der Waals surface area contributed by atoms with E-state index in [9.17, 15) is 23.3 Å². The van der Waals surface area contributed by atoms with Gasteiger partial charge < -0.3 is 14.2 Å². The minimum absolute atomic E-state index is 0.144. The van der Waals surface area contributed by atoms with Crippen molar-refractivity contribution in [2.75, 3.05) is 24.6 Å². The largest absolute Gasteiger partial charge is 0.497 e. The first-order valence-corrected chi connectivity index (χ1v) is 15.2. The van der Waals surface area contributed by atoms with E-state index in [0.29, 0.717) is 41.6 Å². The maximum absolute atomic E-state index is 13.7. The molecule has 0 fully saturated rings. The van der Waals surface area contributed by atoms with Gasteiger partial charge in [0.15, 0.2) is 11.5 Å². The molecular formula is C32H32N4O8S. The molecule has 4 rings (SSSR count). The van der Waals surface area contributed by atoms with E-state index >= 15 is 0 Å². The molecule has 234 valence electrons. The zero-order valence-corrected chi connectivity index (χ0v) is 25.7. The van der Waals surface area contributed by atoms with Crippen molar-refractivity contribution in [2.45, 2.75) is 25.3 Å². The van der Waals surface area contributed by atoms with Gasteiger partial charge in [0.2, 0.25) is 0 Å². The number of methoxy groups -OCH3 is 1. The Morgan fingerprint density at radius 3 is 2.38 bits per heavy atom. The van der Waals surface area contributed by atoms with Crippen LogP contribution in [0.15, 0.2) is 101 Å². The lowest BCUT2D eigenvalue weighted by Gasteiger charge is -2.24. The maximum atomic E-state index is 13.7. The van der Waals surface area contributed by atoms with Crippen LogP contribution in [0.5, 0.6) is 17.2 Å². The van der Waals surface area contributed by atoms with Crippen molar-refractivity contribution >= 4 is 33.5 Å². The molecule has 0 unspecified atom stereocenters. The Morgan fingerprint density at radius 1 is 0.978 bits per heavy atom. The molecule has 12 nitrogen and oxygen atoms in total. The first-order chi connectivity index (χ1) is 21.6. The van der Waals surface area contributed by atoms with Crippen molar-refractivity contribution in [1.82, 2.24) is 5.43 Å². The van der Waals surface area contributed by atoms with E-state index in [1.165, 1.54) is 56.6 Å². The van der Waals surface area contributed by atoms with Gasteiger partial charge in [-0.1, -0.05) is 36.4 Å². The fourth-order valence-corrected chi connectivity index (χ4v) is 5.65. The first kappa shape index (κ1) is 32.5. The Morgan fingerprint density at radius 2 is 1.71 bits per heavy atom. The van der Waals surface area contributed by atoms with Crippen molar-refractivity contribution < 1.29 is 32.3 Å². The van der Waals surface area contributed by atoms with Gasteiger partial charge in [-0.2, -0.15) is 5.10 Å². The monoisotopic (exact) mass is 632 g/mol. The zero-order valence-electron chi connectivity index (χ0n) is 24.9. The summed E-state index contributed by atoms with van der Waals surface area (Å²) in [5, 5.41) is 15.5. The molecule has 0 aliphatic rings. The van der Waals surface area contributed by atoms with Crippen LogP contribution in [0.1, 0.15) is 23.6 Å². The van der Waals surface area contributed by atoms with Crippen LogP contribution in [0.3, 0.4) is 0 Å². The second kappa shape index (κ2) is 14.8. The lowest BCUT2D eigenvalue weighted by Crippen LogP contribution is -2.39. The molecule has 1 amide bonds. The molecule has 0 aliphatic carbocycles. The predicted octanol–water partition coefficient (Wildman–Crippen LogP) is 5.24. The van der Waals surface area contributed by atoms with Crippen LogP contribution in [0.25, 0.3) is 0 Å². The standard InChI is InChI=1S/C32H32N4O8S/c1-4-43-31-18-25(11-17-30(31)44-22-24-8-6-5-7-9-24)20-33-34-32(37)21-35(26-12-14-27(42-3)15-13-26)45(40,41)28-16-10-23(2)29(19-28)36(38)39/h5-20H,4,21-22H2,1-3H3,(H,34,37)/b33-20-. The highest BCUT2D eigenvalue weighted by Crippen LogP contribution is 2.30. The minimum Gasteiger partial charge on any atom is -0.497 e. The number of hydrogen-bond acceptors (Lipinski definition) is 9. The number of ether oxygens (including phenoxy) is 3. The predicted molar refractivity (Wildman–Crippen MR) is 169 cm³/mol. The molecule has 45 heavy (non-hydrogen) atoms. The van der Waals surface area contributed by atoms with Crippen molar-refractivity contribution in [1.29, 1.82) is 0 Å². The number of hydrogen-bond donors (Lipinski definition) is 1. The molecule has 4 aromatic carbocycles. The molecule has 0 heterocycles. The number of rotatable bonds is 14. The van der Waals surface area contributed by atoms with Crippen molar-refractivity contribution in [3.63, 3.8) is 0 Å². The van der Waals surface area contributed by atoms with Gasteiger partial charge >= 0.3 is 0 Å². The van der Waals surface area contributed by atoms with Crippen LogP contribution in [-0.2, 0) is 21.4 Å². The van der Waals surface area contributed by atoms with E-state index in [0.717, 1.165) is 15.9 Å². The van der Waals surface area contributed by atoms with Crippen LogP contribution in [0.2, 0.25) is 0 Å². The van der Waals surface area contributed by atoms with Crippen molar-refractivity contribution in [3.8, 4) is 17.2 Å². The van der Waals surface area contributed by atoms with E-state index in [4.69, 9.17) is 14.2 Å². The average Bonchev–Trinajstić information content (AvgIpc) is 3.04. The molecule has 0 spiro atoms. The van der Waals surface area contributed by atoms with E-state index < -0.39 is 27.4 Å². The molecule has 1 N–H and O–H groups in total. The van der Waals surface area contributed by atoms with Gasteiger partial charge in [0, 0.05) is 11.6 Å². The minimum atomic E-state index is -4.42. The van der Waals surface area contributed by atoms with Gasteiger partial charge in [0.1, 0.15) is 18.9 Å². The average molecular weight is 633 g/mol. The number of carbonyl (C=O) groups is 1. The molecule has 0 saturated heterocycles. The number of hydrazone groups is 1. The maximum Gasteiger partial charge on any atom is 0.273 e. The number of nitro groups is 1. The second-order valence-electron chi connectivity index (χ2n) is 9.62. The summed E-state index contributed by atoms with van der Waals surface area (Å²) in [5.41, 5.74) is 4.02. The Labute approximate surface area is 261 Å². The van der Waals surface area contributed by atoms with Gasteiger partial charge in [-0.15, -0.1) is 0 Å². The highest BCUT2D eigenvalue weighted by atomic mass is 32.2. The summed E-state index contributed by atoms with van der Waals surface area (Å²) in [6, 6.07) is 24.4. The number of benzene rings is 4. The Balaban J connectivity index is 1.52. The SMILES string of the molecule is CCOc1cc(/C=N\NC(=O)CN(c2ccc(OC)cc2)S(=O)(=O)c2ccc(C)c([N+](=O)[O-])c2)ccc1OCc1ccccc1. The van der Waals surface area contributed by atoms with E-state index in [1.54, 1.807) is 18.2 Å². The van der Waals surface area contributed by atoms with Gasteiger partial charge in [-0.25, -0.2) is 13.8 Å². The Hall–Kier alpha value is -5.43. The summed E-state index contributed by atoms with van der Waals surface area (Å²) in [5.74, 6) is 0.755. The molecule has 4 aromatic rings. The lowest BCUT2D eigenvalue weighted by atomic mass is 10.2. The number of nitro benzene ring substituents is 1. The first-order valence-electron chi connectivity index (χ1n) is 13.8. The molecule has 0 radical (unpaired) electrons. The topological polar surface area (TPSA) is 150 Å². The summed E-state index contributed by atoms with van der Waals surface area (Å²) in [4.78, 5) is 23.5. The number of anilines is 1. The van der Waals surface area contributed by atoms with Gasteiger partial charge in [0.05, 0.1) is 35.4 Å². The fourth-order valence-electron chi connectivity index (χ4n) is 4.21. The lowest BCUT2D eigenvalue weighted by molar-refractivity contribution is -0.385. The summed E-state index contributed by atoms with van der Waals surface area (Å²) >= 11 is 0. The van der Waals surface area contributed by atoms with E-state index in [2.05, 4.69) is 10.5 Å². The van der Waals surface area contributed by atoms with E-state index in [-0.39, 0.29) is 16.3 Å². The third-order valence-corrected chi connectivity index (χ3v) is 8.29. The Bertz CT molecular complexity index is 1780. The third kappa shape index (κ3) is 8.36. The van der Waals surface area contributed by atoms with Crippen molar-refractivity contribution in [2.24, 2.45) is 5.10 Å². The number of aryl methyl sites for hydroxylation is 1. The summed E-state index contributed by atoms with van der Waals surface area (Å²) in [7, 11) is -2.95. The zero-order chi connectivity index (χ0) is 32.4. The molecule has 13 heteroatoms. The van der Waals surface area contributed by atoms with E-state index in [1.807, 2.05) is 37.3 Å². The normalized spacial score (nSPS) is 11.2. The van der Waals surface area contributed by atoms with Crippen LogP contribution in [0, 0.1) is 17.0 Å². The summed E-state index contributed by atoms with van der Waals surface area (Å²) in [6.07, 6.45) is 1.39. The number of sulfonamides is 1. The fraction of sp³-hybridized carbons (Fsp3) is 0.188. The van der Waals surface area contributed by atoms with Crippen LogP contribution >= 0.6 is 0 Å². The quantitative estimate of drug-likeness (QED) is 0.113. The number of nitrogens with zero attached hydrogens (tertiary/aromatic N) is 3. The summed E-state index contributed by atoms with van der Waals surface area (Å²) < 4.78 is 45.1. The third-order valence-electron chi connectivity index (χ3n) is 6.52. The van der Waals surface area contributed by atoms with Crippen molar-refractivity contribution in [3.05, 3.63) is 118 Å². The molecule has 0 atom stereocenters. The molecule has 0 saturated carbocycles.